The maximum absolute atomic E-state index is 13.2. The number of rotatable bonds is 11. The molecule has 2 saturated heterocycles. The Morgan fingerprint density at radius 2 is 1.54 bits per heavy atom. The Morgan fingerprint density at radius 1 is 0.865 bits per heavy atom. The average molecular weight is 727 g/mol. The summed E-state index contributed by atoms with van der Waals surface area (Å²) in [5.41, 5.74) is 4.49. The third-order valence-corrected chi connectivity index (χ3v) is 10.8. The van der Waals surface area contributed by atoms with Crippen molar-refractivity contribution in [1.29, 1.82) is 0 Å². The van der Waals surface area contributed by atoms with Crippen molar-refractivity contribution in [2.24, 2.45) is 0 Å². The highest BCUT2D eigenvalue weighted by Crippen LogP contribution is 2.30. The van der Waals surface area contributed by atoms with Crippen LogP contribution in [0.3, 0.4) is 0 Å². The van der Waals surface area contributed by atoms with Gasteiger partial charge in [-0.05, 0) is 72.9 Å². The van der Waals surface area contributed by atoms with Gasteiger partial charge < -0.3 is 19.9 Å². The quantitative estimate of drug-likeness (QED) is 0.145. The van der Waals surface area contributed by atoms with Gasteiger partial charge in [-0.3, -0.25) is 19.8 Å². The zero-order valence-electron chi connectivity index (χ0n) is 28.9. The van der Waals surface area contributed by atoms with Gasteiger partial charge in [-0.15, -0.1) is 0 Å². The molecule has 0 unspecified atom stereocenters. The fourth-order valence-electron chi connectivity index (χ4n) is 6.62. The third-order valence-electron chi connectivity index (χ3n) is 9.45. The van der Waals surface area contributed by atoms with Crippen LogP contribution in [-0.4, -0.2) is 87.1 Å². The highest BCUT2D eigenvalue weighted by Gasteiger charge is 2.28. The van der Waals surface area contributed by atoms with E-state index in [9.17, 15) is 28.1 Å². The molecule has 0 spiro atoms. The lowest BCUT2D eigenvalue weighted by Crippen LogP contribution is -2.46. The molecule has 0 aliphatic carbocycles. The number of hydrogen-bond donors (Lipinski definition) is 2. The predicted molar refractivity (Wildman–Crippen MR) is 199 cm³/mol. The SMILES string of the molecule is CCOC(=O)N1CCC(Nc2ccc(S(=O)(=O)NC(=O)c3ccc(N4CCN(Cc5ccccc5-c5ccccc5)CC4)cc3)cc2[N+](=O)[O-])CC1. The molecule has 272 valence electrons. The molecule has 2 aliphatic heterocycles. The van der Waals surface area contributed by atoms with Crippen LogP contribution in [0.5, 0.6) is 0 Å². The number of anilines is 2. The van der Waals surface area contributed by atoms with E-state index >= 15 is 0 Å². The van der Waals surface area contributed by atoms with Crippen LogP contribution in [0.4, 0.5) is 21.9 Å². The van der Waals surface area contributed by atoms with E-state index in [2.05, 4.69) is 51.5 Å². The summed E-state index contributed by atoms with van der Waals surface area (Å²) in [5, 5.41) is 15.0. The summed E-state index contributed by atoms with van der Waals surface area (Å²) in [7, 11) is -4.43. The van der Waals surface area contributed by atoms with Crippen LogP contribution >= 0.6 is 0 Å². The fourth-order valence-corrected chi connectivity index (χ4v) is 7.61. The van der Waals surface area contributed by atoms with E-state index in [1.807, 2.05) is 22.9 Å². The van der Waals surface area contributed by atoms with Crippen LogP contribution in [0.2, 0.25) is 0 Å². The van der Waals surface area contributed by atoms with Crippen LogP contribution in [-0.2, 0) is 21.3 Å². The number of amides is 2. The molecular formula is C38H42N6O7S. The third kappa shape index (κ3) is 8.69. The minimum absolute atomic E-state index is 0.144. The van der Waals surface area contributed by atoms with E-state index in [1.165, 1.54) is 28.8 Å². The number of nitro groups is 1. The summed E-state index contributed by atoms with van der Waals surface area (Å²) >= 11 is 0. The molecule has 0 aromatic heterocycles. The minimum Gasteiger partial charge on any atom is -0.450 e. The number of nitrogens with one attached hydrogen (secondary N) is 2. The first-order valence-electron chi connectivity index (χ1n) is 17.4. The Bertz CT molecular complexity index is 1990. The molecule has 4 aromatic carbocycles. The highest BCUT2D eigenvalue weighted by atomic mass is 32.2. The number of nitro benzene ring substituents is 1. The molecule has 0 radical (unpaired) electrons. The van der Waals surface area contributed by atoms with Gasteiger partial charge in [0.2, 0.25) is 0 Å². The molecule has 13 nitrogen and oxygen atoms in total. The van der Waals surface area contributed by atoms with Gasteiger partial charge in [-0.2, -0.15) is 0 Å². The Labute approximate surface area is 303 Å². The normalized spacial score (nSPS) is 15.6. The van der Waals surface area contributed by atoms with Gasteiger partial charge in [0.05, 0.1) is 16.4 Å². The lowest BCUT2D eigenvalue weighted by Gasteiger charge is -2.36. The van der Waals surface area contributed by atoms with Crippen molar-refractivity contribution >= 4 is 39.1 Å². The van der Waals surface area contributed by atoms with Crippen molar-refractivity contribution < 1.29 is 27.7 Å². The summed E-state index contributed by atoms with van der Waals surface area (Å²) in [6.07, 6.45) is 0.669. The van der Waals surface area contributed by atoms with Crippen LogP contribution < -0.4 is 14.9 Å². The second kappa shape index (κ2) is 16.3. The first kappa shape index (κ1) is 36.3. The standard InChI is InChI=1S/C38H42N6O7S/c1-2-51-38(46)43-20-18-31(19-21-43)39-35-17-16-33(26-36(35)44(47)48)52(49,50)40-37(45)29-12-14-32(15-13-29)42-24-22-41(23-25-42)27-30-10-6-7-11-34(30)28-8-4-3-5-9-28/h3-17,26,31,39H,2,18-25,27H2,1H3,(H,40,45). The molecular weight excluding hydrogens is 685 g/mol. The molecule has 6 rings (SSSR count). The first-order chi connectivity index (χ1) is 25.1. The van der Waals surface area contributed by atoms with Crippen molar-refractivity contribution in [1.82, 2.24) is 14.5 Å². The number of piperidine rings is 1. The van der Waals surface area contributed by atoms with Crippen LogP contribution in [0.25, 0.3) is 11.1 Å². The smallest absolute Gasteiger partial charge is 0.409 e. The molecule has 14 heteroatoms. The van der Waals surface area contributed by atoms with Crippen LogP contribution in [0, 0.1) is 10.1 Å². The first-order valence-corrected chi connectivity index (χ1v) is 18.8. The maximum atomic E-state index is 13.2. The minimum atomic E-state index is -4.43. The lowest BCUT2D eigenvalue weighted by atomic mass is 9.99. The van der Waals surface area contributed by atoms with E-state index in [0.29, 0.717) is 25.9 Å². The zero-order valence-corrected chi connectivity index (χ0v) is 29.8. The molecule has 2 heterocycles. The fraction of sp³-hybridized carbons (Fsp3) is 0.316. The van der Waals surface area contributed by atoms with E-state index in [0.717, 1.165) is 44.5 Å². The maximum Gasteiger partial charge on any atom is 0.409 e. The number of sulfonamides is 1. The molecule has 0 bridgehead atoms. The molecule has 0 atom stereocenters. The monoisotopic (exact) mass is 726 g/mol. The summed E-state index contributed by atoms with van der Waals surface area (Å²) < 4.78 is 33.5. The number of hydrogen-bond acceptors (Lipinski definition) is 10. The van der Waals surface area contributed by atoms with Crippen molar-refractivity contribution in [3.05, 3.63) is 118 Å². The van der Waals surface area contributed by atoms with Crippen molar-refractivity contribution in [2.75, 3.05) is 56.1 Å². The summed E-state index contributed by atoms with van der Waals surface area (Å²) in [4.78, 5) is 42.1. The average Bonchev–Trinajstić information content (AvgIpc) is 3.16. The molecule has 2 fully saturated rings. The molecule has 0 saturated carbocycles. The largest absolute Gasteiger partial charge is 0.450 e. The van der Waals surface area contributed by atoms with Gasteiger partial charge in [-0.1, -0.05) is 54.6 Å². The van der Waals surface area contributed by atoms with Gasteiger partial charge in [-0.25, -0.2) is 17.9 Å². The van der Waals surface area contributed by atoms with Crippen LogP contribution in [0.1, 0.15) is 35.7 Å². The molecule has 2 aliphatic rings. The van der Waals surface area contributed by atoms with E-state index in [1.54, 1.807) is 36.1 Å². The predicted octanol–water partition coefficient (Wildman–Crippen LogP) is 5.74. The number of benzene rings is 4. The van der Waals surface area contributed by atoms with Gasteiger partial charge in [0, 0.05) is 69.2 Å². The van der Waals surface area contributed by atoms with Gasteiger partial charge in [0.25, 0.3) is 21.6 Å². The molecule has 4 aromatic rings. The zero-order chi connectivity index (χ0) is 36.7. The lowest BCUT2D eigenvalue weighted by molar-refractivity contribution is -0.384. The van der Waals surface area contributed by atoms with Gasteiger partial charge in [0.1, 0.15) is 5.69 Å². The summed E-state index contributed by atoms with van der Waals surface area (Å²) in [6, 6.07) is 28.9. The Morgan fingerprint density at radius 3 is 2.21 bits per heavy atom. The number of piperazine rings is 1. The second-order valence-corrected chi connectivity index (χ2v) is 14.5. The number of carbonyl (C=O) groups is 2. The number of likely N-dealkylation sites (tertiary alicyclic amines) is 1. The molecule has 2 N–H and O–H groups in total. The summed E-state index contributed by atoms with van der Waals surface area (Å²) in [6.45, 7) is 7.00. The van der Waals surface area contributed by atoms with Crippen molar-refractivity contribution in [3.8, 4) is 11.1 Å². The topological polar surface area (TPSA) is 154 Å². The van der Waals surface area contributed by atoms with Crippen molar-refractivity contribution in [3.63, 3.8) is 0 Å². The van der Waals surface area contributed by atoms with Crippen LogP contribution in [0.15, 0.2) is 102 Å². The number of ether oxygens (including phenoxy) is 1. The Kier molecular flexibility index (Phi) is 11.4. The Hall–Kier alpha value is -5.47. The molecule has 2 amide bonds. The van der Waals surface area contributed by atoms with Gasteiger partial charge >= 0.3 is 6.09 Å². The second-order valence-electron chi connectivity index (χ2n) is 12.8. The van der Waals surface area contributed by atoms with E-state index in [-0.39, 0.29) is 23.9 Å². The van der Waals surface area contributed by atoms with Crippen molar-refractivity contribution in [2.45, 2.75) is 37.2 Å². The molecule has 52 heavy (non-hydrogen) atoms. The van der Waals surface area contributed by atoms with Gasteiger partial charge in [0.15, 0.2) is 0 Å². The number of nitrogens with zero attached hydrogens (tertiary/aromatic N) is 4. The Balaban J connectivity index is 1.03. The highest BCUT2D eigenvalue weighted by molar-refractivity contribution is 7.90. The summed E-state index contributed by atoms with van der Waals surface area (Å²) in [5.74, 6) is -0.841. The van der Waals surface area contributed by atoms with E-state index < -0.39 is 37.5 Å². The van der Waals surface area contributed by atoms with E-state index in [4.69, 9.17) is 4.74 Å². The number of carbonyl (C=O) groups excluding carboxylic acids is 2.